The Labute approximate surface area is 181 Å². The van der Waals surface area contributed by atoms with Gasteiger partial charge in [0.1, 0.15) is 6.61 Å². The first-order valence-corrected chi connectivity index (χ1v) is 10.1. The van der Waals surface area contributed by atoms with Gasteiger partial charge < -0.3 is 9.47 Å². The van der Waals surface area contributed by atoms with Crippen LogP contribution in [0.4, 0.5) is 0 Å². The van der Waals surface area contributed by atoms with E-state index in [0.29, 0.717) is 13.2 Å². The summed E-state index contributed by atoms with van der Waals surface area (Å²) in [7, 11) is 3.70. The number of aromatic nitrogens is 4. The highest BCUT2D eigenvalue weighted by atomic mass is 16.5. The lowest BCUT2D eigenvalue weighted by Crippen LogP contribution is -2.20. The van der Waals surface area contributed by atoms with Gasteiger partial charge in [0.25, 0.3) is 0 Å². The molecule has 4 rings (SSSR count). The summed E-state index contributed by atoms with van der Waals surface area (Å²) in [5, 5.41) is 12.2. The van der Waals surface area contributed by atoms with Crippen molar-refractivity contribution in [1.29, 1.82) is 0 Å². The molecule has 0 fully saturated rings. The molecule has 0 atom stereocenters. The molecule has 0 unspecified atom stereocenters. The molecule has 0 saturated heterocycles. The Morgan fingerprint density at radius 1 is 0.839 bits per heavy atom. The van der Waals surface area contributed by atoms with Gasteiger partial charge in [-0.1, -0.05) is 54.6 Å². The van der Waals surface area contributed by atoms with Crippen molar-refractivity contribution in [3.8, 4) is 17.2 Å². The second-order valence-corrected chi connectivity index (χ2v) is 7.27. The third-order valence-electron chi connectivity index (χ3n) is 4.86. The molecule has 0 saturated carbocycles. The van der Waals surface area contributed by atoms with Gasteiger partial charge in [-0.15, -0.1) is 5.10 Å². The Kier molecular flexibility index (Phi) is 6.54. The van der Waals surface area contributed by atoms with Gasteiger partial charge in [0.2, 0.25) is 0 Å². The first-order chi connectivity index (χ1) is 15.2. The van der Waals surface area contributed by atoms with Crippen LogP contribution in [0.5, 0.6) is 11.5 Å². The predicted octanol–water partition coefficient (Wildman–Crippen LogP) is 3.88. The van der Waals surface area contributed by atoms with E-state index in [0.717, 1.165) is 40.7 Å². The zero-order valence-corrected chi connectivity index (χ0v) is 17.7. The van der Waals surface area contributed by atoms with Crippen LogP contribution in [0.2, 0.25) is 0 Å². The molecule has 0 radical (unpaired) electrons. The van der Waals surface area contributed by atoms with E-state index in [1.807, 2.05) is 79.8 Å². The van der Waals surface area contributed by atoms with E-state index < -0.39 is 0 Å². The number of rotatable bonds is 9. The second kappa shape index (κ2) is 9.86. The minimum Gasteiger partial charge on any atom is -0.493 e. The zero-order chi connectivity index (χ0) is 21.5. The van der Waals surface area contributed by atoms with E-state index in [1.165, 1.54) is 0 Å². The highest BCUT2D eigenvalue weighted by Crippen LogP contribution is 2.29. The average molecular weight is 415 g/mol. The number of benzene rings is 3. The summed E-state index contributed by atoms with van der Waals surface area (Å²) < 4.78 is 13.3. The van der Waals surface area contributed by atoms with Gasteiger partial charge in [-0.25, -0.2) is 0 Å². The van der Waals surface area contributed by atoms with Crippen LogP contribution in [-0.2, 0) is 19.7 Å². The fraction of sp³-hybridized carbons (Fsp3) is 0.208. The second-order valence-electron chi connectivity index (χ2n) is 7.27. The molecule has 7 nitrogen and oxygen atoms in total. The lowest BCUT2D eigenvalue weighted by atomic mass is 10.2. The van der Waals surface area contributed by atoms with Gasteiger partial charge in [-0.2, -0.15) is 4.68 Å². The van der Waals surface area contributed by atoms with Gasteiger partial charge in [0.05, 0.1) is 19.3 Å². The van der Waals surface area contributed by atoms with Crippen LogP contribution in [0.25, 0.3) is 5.69 Å². The van der Waals surface area contributed by atoms with E-state index in [2.05, 4.69) is 26.5 Å². The molecule has 0 spiro atoms. The highest BCUT2D eigenvalue weighted by Gasteiger charge is 2.13. The standard InChI is InChI=1S/C24H25N5O2/c1-28(17-24-25-26-27-29(24)21-11-7-4-8-12-21)16-20-13-14-22(23(15-20)30-2)31-18-19-9-5-3-6-10-19/h3-15H,16-18H2,1-2H3. The summed E-state index contributed by atoms with van der Waals surface area (Å²) in [5.74, 6) is 2.23. The number of hydrogen-bond acceptors (Lipinski definition) is 6. The van der Waals surface area contributed by atoms with Gasteiger partial charge in [-0.3, -0.25) is 4.90 Å². The van der Waals surface area contributed by atoms with Crippen molar-refractivity contribution in [2.24, 2.45) is 0 Å². The smallest absolute Gasteiger partial charge is 0.170 e. The van der Waals surface area contributed by atoms with Crippen molar-refractivity contribution in [2.45, 2.75) is 19.7 Å². The Morgan fingerprint density at radius 3 is 2.32 bits per heavy atom. The van der Waals surface area contributed by atoms with Gasteiger partial charge in [0.15, 0.2) is 17.3 Å². The maximum atomic E-state index is 5.96. The minimum atomic E-state index is 0.499. The third-order valence-corrected chi connectivity index (χ3v) is 4.86. The number of para-hydroxylation sites is 1. The molecule has 1 aromatic heterocycles. The number of hydrogen-bond donors (Lipinski definition) is 0. The molecule has 31 heavy (non-hydrogen) atoms. The summed E-state index contributed by atoms with van der Waals surface area (Å²) in [5.41, 5.74) is 3.17. The molecule has 7 heteroatoms. The van der Waals surface area contributed by atoms with Crippen molar-refractivity contribution in [3.05, 3.63) is 95.8 Å². The van der Waals surface area contributed by atoms with Crippen LogP contribution in [0, 0.1) is 0 Å². The fourth-order valence-electron chi connectivity index (χ4n) is 3.35. The molecular formula is C24H25N5O2. The maximum absolute atomic E-state index is 5.96. The van der Waals surface area contributed by atoms with Crippen LogP contribution >= 0.6 is 0 Å². The third kappa shape index (κ3) is 5.26. The Balaban J connectivity index is 1.41. The van der Waals surface area contributed by atoms with Crippen molar-refractivity contribution in [3.63, 3.8) is 0 Å². The lowest BCUT2D eigenvalue weighted by Gasteiger charge is -2.18. The fourth-order valence-corrected chi connectivity index (χ4v) is 3.35. The van der Waals surface area contributed by atoms with Crippen LogP contribution in [0.3, 0.4) is 0 Å². The molecule has 1 heterocycles. The number of nitrogens with zero attached hydrogens (tertiary/aromatic N) is 5. The van der Waals surface area contributed by atoms with E-state index >= 15 is 0 Å². The number of ether oxygens (including phenoxy) is 2. The predicted molar refractivity (Wildman–Crippen MR) is 118 cm³/mol. The lowest BCUT2D eigenvalue weighted by molar-refractivity contribution is 0.282. The summed E-state index contributed by atoms with van der Waals surface area (Å²) in [4.78, 5) is 2.16. The van der Waals surface area contributed by atoms with E-state index in [1.54, 1.807) is 11.8 Å². The van der Waals surface area contributed by atoms with Gasteiger partial charge in [-0.05, 0) is 52.9 Å². The first-order valence-electron chi connectivity index (χ1n) is 10.1. The molecule has 0 N–H and O–H groups in total. The Hall–Kier alpha value is -3.71. The van der Waals surface area contributed by atoms with Crippen molar-refractivity contribution in [1.82, 2.24) is 25.1 Å². The summed E-state index contributed by atoms with van der Waals surface area (Å²) in [6, 6.07) is 26.0. The van der Waals surface area contributed by atoms with Crippen molar-refractivity contribution < 1.29 is 9.47 Å². The number of methoxy groups -OCH3 is 1. The summed E-state index contributed by atoms with van der Waals surface area (Å²) in [6.07, 6.45) is 0. The van der Waals surface area contributed by atoms with Crippen molar-refractivity contribution in [2.75, 3.05) is 14.2 Å². The molecular weight excluding hydrogens is 390 g/mol. The molecule has 0 aliphatic heterocycles. The molecule has 3 aromatic carbocycles. The summed E-state index contributed by atoms with van der Waals surface area (Å²) in [6.45, 7) is 1.83. The van der Waals surface area contributed by atoms with Crippen LogP contribution in [-0.4, -0.2) is 39.3 Å². The molecule has 0 aliphatic rings. The number of tetrazole rings is 1. The zero-order valence-electron chi connectivity index (χ0n) is 17.7. The SMILES string of the molecule is COc1cc(CN(C)Cc2nnnn2-c2ccccc2)ccc1OCc1ccccc1. The van der Waals surface area contributed by atoms with Crippen LogP contribution in [0.15, 0.2) is 78.9 Å². The highest BCUT2D eigenvalue weighted by molar-refractivity contribution is 5.43. The van der Waals surface area contributed by atoms with Gasteiger partial charge >= 0.3 is 0 Å². The Morgan fingerprint density at radius 2 is 1.58 bits per heavy atom. The summed E-state index contributed by atoms with van der Waals surface area (Å²) >= 11 is 0. The molecule has 0 amide bonds. The van der Waals surface area contributed by atoms with Crippen LogP contribution in [0.1, 0.15) is 17.0 Å². The molecule has 0 aliphatic carbocycles. The molecule has 158 valence electrons. The largest absolute Gasteiger partial charge is 0.493 e. The van der Waals surface area contributed by atoms with Crippen LogP contribution < -0.4 is 9.47 Å². The quantitative estimate of drug-likeness (QED) is 0.413. The molecule has 4 aromatic rings. The van der Waals surface area contributed by atoms with Gasteiger partial charge in [0, 0.05) is 6.54 Å². The topological polar surface area (TPSA) is 65.3 Å². The first kappa shape index (κ1) is 20.6. The minimum absolute atomic E-state index is 0.499. The van der Waals surface area contributed by atoms with E-state index in [9.17, 15) is 0 Å². The average Bonchev–Trinajstić information content (AvgIpc) is 3.27. The Bertz CT molecular complexity index is 1100. The normalized spacial score (nSPS) is 10.9. The van der Waals surface area contributed by atoms with E-state index in [4.69, 9.17) is 9.47 Å². The maximum Gasteiger partial charge on any atom is 0.170 e. The van der Waals surface area contributed by atoms with E-state index in [-0.39, 0.29) is 0 Å². The van der Waals surface area contributed by atoms with Crippen molar-refractivity contribution >= 4 is 0 Å². The molecule has 0 bridgehead atoms. The monoisotopic (exact) mass is 415 g/mol.